The zero-order valence-corrected chi connectivity index (χ0v) is 12.4. The zero-order chi connectivity index (χ0) is 16.1. The molecule has 1 unspecified atom stereocenters. The van der Waals surface area contributed by atoms with Gasteiger partial charge in [0.15, 0.2) is 6.04 Å². The number of nitrogens with zero attached hydrogens (tertiary/aromatic N) is 5. The Hall–Kier alpha value is -2.38. The number of likely N-dealkylation sites (N-methyl/N-ethyl adjacent to an activating group) is 1. The van der Waals surface area contributed by atoms with Gasteiger partial charge < -0.3 is 4.90 Å². The summed E-state index contributed by atoms with van der Waals surface area (Å²) >= 11 is 0. The lowest BCUT2D eigenvalue weighted by molar-refractivity contribution is -0.135. The number of aryl methyl sites for hydroxylation is 1. The third kappa shape index (κ3) is 3.44. The summed E-state index contributed by atoms with van der Waals surface area (Å²) in [6.45, 7) is 2.90. The smallest absolute Gasteiger partial charge is 0.255 e. The zero-order valence-electron chi connectivity index (χ0n) is 12.4. The topological polar surface area (TPSA) is 63.9 Å². The first kappa shape index (κ1) is 16.0. The van der Waals surface area contributed by atoms with Gasteiger partial charge in [0.05, 0.1) is 6.54 Å². The quantitative estimate of drug-likeness (QED) is 0.814. The monoisotopic (exact) mass is 309 g/mol. The number of hydrogen-bond acceptors (Lipinski definition) is 4. The summed E-state index contributed by atoms with van der Waals surface area (Å²) in [6, 6.07) is 8.01. The molecule has 118 valence electrons. The van der Waals surface area contributed by atoms with Crippen molar-refractivity contribution in [1.82, 2.24) is 25.1 Å². The molecule has 0 saturated carbocycles. The van der Waals surface area contributed by atoms with Crippen molar-refractivity contribution in [3.8, 4) is 0 Å². The van der Waals surface area contributed by atoms with Crippen molar-refractivity contribution < 1.29 is 13.6 Å². The Bertz CT molecular complexity index is 617. The van der Waals surface area contributed by atoms with Crippen LogP contribution in [0.4, 0.5) is 8.78 Å². The van der Waals surface area contributed by atoms with Crippen molar-refractivity contribution >= 4 is 5.91 Å². The van der Waals surface area contributed by atoms with Crippen LogP contribution >= 0.6 is 0 Å². The molecule has 0 spiro atoms. The second-order valence-corrected chi connectivity index (χ2v) is 4.75. The van der Waals surface area contributed by atoms with Crippen molar-refractivity contribution in [3.05, 3.63) is 41.7 Å². The lowest BCUT2D eigenvalue weighted by Gasteiger charge is -2.26. The van der Waals surface area contributed by atoms with Gasteiger partial charge in [-0.05, 0) is 29.8 Å². The van der Waals surface area contributed by atoms with Crippen LogP contribution in [-0.4, -0.2) is 50.5 Å². The SMILES string of the molecule is CCN(CC(F)F)C(=O)C(c1ccccc1)n1nnnc1C. The summed E-state index contributed by atoms with van der Waals surface area (Å²) in [7, 11) is 0. The van der Waals surface area contributed by atoms with Crippen molar-refractivity contribution in [2.24, 2.45) is 0 Å². The maximum atomic E-state index is 12.7. The number of halogens is 2. The van der Waals surface area contributed by atoms with E-state index in [2.05, 4.69) is 15.5 Å². The summed E-state index contributed by atoms with van der Waals surface area (Å²) in [6.07, 6.45) is -2.59. The second kappa shape index (κ2) is 7.06. The standard InChI is InChI=1S/C14H17F2N5O/c1-3-20(9-12(15)16)14(22)13(11-7-5-4-6-8-11)21-10(2)17-18-19-21/h4-8,12-13H,3,9H2,1-2H3. The molecular formula is C14H17F2N5O. The summed E-state index contributed by atoms with van der Waals surface area (Å²) in [5.74, 6) is -0.0142. The predicted octanol–water partition coefficient (Wildman–Crippen LogP) is 1.68. The third-order valence-corrected chi connectivity index (χ3v) is 3.30. The average Bonchev–Trinajstić information content (AvgIpc) is 2.92. The van der Waals surface area contributed by atoms with Crippen LogP contribution in [0.25, 0.3) is 0 Å². The van der Waals surface area contributed by atoms with Crippen LogP contribution in [0.5, 0.6) is 0 Å². The number of aromatic nitrogens is 4. The molecule has 0 aliphatic rings. The maximum absolute atomic E-state index is 12.7. The van der Waals surface area contributed by atoms with Crippen molar-refractivity contribution in [1.29, 1.82) is 0 Å². The fourth-order valence-electron chi connectivity index (χ4n) is 2.21. The lowest BCUT2D eigenvalue weighted by atomic mass is 10.1. The molecule has 2 rings (SSSR count). The number of carbonyl (C=O) groups excluding carboxylic acids is 1. The third-order valence-electron chi connectivity index (χ3n) is 3.30. The first-order valence-corrected chi connectivity index (χ1v) is 6.91. The van der Waals surface area contributed by atoms with Gasteiger partial charge >= 0.3 is 0 Å². The van der Waals surface area contributed by atoms with Crippen LogP contribution < -0.4 is 0 Å². The fourth-order valence-corrected chi connectivity index (χ4v) is 2.21. The summed E-state index contributed by atoms with van der Waals surface area (Å²) in [4.78, 5) is 13.9. The molecule has 1 aromatic heterocycles. The number of hydrogen-bond donors (Lipinski definition) is 0. The number of carbonyl (C=O) groups is 1. The van der Waals surface area contributed by atoms with Crippen molar-refractivity contribution in [2.75, 3.05) is 13.1 Å². The van der Waals surface area contributed by atoms with Crippen molar-refractivity contribution in [2.45, 2.75) is 26.3 Å². The Morgan fingerprint density at radius 3 is 2.50 bits per heavy atom. The largest absolute Gasteiger partial charge is 0.335 e. The molecule has 1 atom stereocenters. The van der Waals surface area contributed by atoms with Crippen LogP contribution in [0.2, 0.25) is 0 Å². The first-order chi connectivity index (χ1) is 10.5. The minimum Gasteiger partial charge on any atom is -0.335 e. The minimum atomic E-state index is -2.59. The molecular weight excluding hydrogens is 292 g/mol. The molecule has 1 aromatic carbocycles. The Labute approximate surface area is 126 Å². The highest BCUT2D eigenvalue weighted by atomic mass is 19.3. The van der Waals surface area contributed by atoms with E-state index in [1.54, 1.807) is 38.1 Å². The molecule has 6 nitrogen and oxygen atoms in total. The number of alkyl halides is 2. The summed E-state index contributed by atoms with van der Waals surface area (Å²) in [5.41, 5.74) is 0.649. The molecule has 0 N–H and O–H groups in total. The molecule has 0 radical (unpaired) electrons. The highest BCUT2D eigenvalue weighted by molar-refractivity contribution is 5.83. The van der Waals surface area contributed by atoms with E-state index < -0.39 is 24.9 Å². The van der Waals surface area contributed by atoms with Gasteiger partial charge in [-0.1, -0.05) is 30.3 Å². The van der Waals surface area contributed by atoms with Gasteiger partial charge in [-0.3, -0.25) is 4.79 Å². The molecule has 0 fully saturated rings. The van der Waals surface area contributed by atoms with E-state index in [0.717, 1.165) is 4.90 Å². The van der Waals surface area contributed by atoms with Crippen LogP contribution in [-0.2, 0) is 4.79 Å². The van der Waals surface area contributed by atoms with E-state index in [-0.39, 0.29) is 6.54 Å². The molecule has 8 heteroatoms. The van der Waals surface area contributed by atoms with Gasteiger partial charge in [0.1, 0.15) is 5.82 Å². The summed E-state index contributed by atoms with van der Waals surface area (Å²) in [5, 5.41) is 11.1. The lowest BCUT2D eigenvalue weighted by Crippen LogP contribution is -2.41. The molecule has 1 heterocycles. The molecule has 0 aliphatic heterocycles. The van der Waals surface area contributed by atoms with E-state index in [0.29, 0.717) is 11.4 Å². The molecule has 2 aromatic rings. The molecule has 22 heavy (non-hydrogen) atoms. The van der Waals surface area contributed by atoms with E-state index in [1.807, 2.05) is 6.07 Å². The Morgan fingerprint density at radius 1 is 1.32 bits per heavy atom. The number of benzene rings is 1. The molecule has 1 amide bonds. The van der Waals surface area contributed by atoms with E-state index in [1.165, 1.54) is 4.68 Å². The number of rotatable bonds is 6. The van der Waals surface area contributed by atoms with Gasteiger partial charge in [-0.2, -0.15) is 0 Å². The second-order valence-electron chi connectivity index (χ2n) is 4.75. The fraction of sp³-hybridized carbons (Fsp3) is 0.429. The van der Waals surface area contributed by atoms with Gasteiger partial charge in [-0.15, -0.1) is 5.10 Å². The molecule has 0 aliphatic carbocycles. The van der Waals surface area contributed by atoms with Gasteiger partial charge in [0.25, 0.3) is 12.3 Å². The Balaban J connectivity index is 2.41. The van der Waals surface area contributed by atoms with Gasteiger partial charge in [0.2, 0.25) is 0 Å². The van der Waals surface area contributed by atoms with E-state index >= 15 is 0 Å². The van der Waals surface area contributed by atoms with Crippen LogP contribution in [0, 0.1) is 6.92 Å². The summed E-state index contributed by atoms with van der Waals surface area (Å²) < 4.78 is 26.7. The molecule has 0 saturated heterocycles. The first-order valence-electron chi connectivity index (χ1n) is 6.91. The van der Waals surface area contributed by atoms with E-state index in [9.17, 15) is 13.6 Å². The minimum absolute atomic E-state index is 0.188. The number of tetrazole rings is 1. The van der Waals surface area contributed by atoms with E-state index in [4.69, 9.17) is 0 Å². The number of amides is 1. The highest BCUT2D eigenvalue weighted by Crippen LogP contribution is 2.21. The predicted molar refractivity (Wildman–Crippen MR) is 75.4 cm³/mol. The highest BCUT2D eigenvalue weighted by Gasteiger charge is 2.30. The Kier molecular flexibility index (Phi) is 5.13. The van der Waals surface area contributed by atoms with Crippen LogP contribution in [0.15, 0.2) is 30.3 Å². The maximum Gasteiger partial charge on any atom is 0.255 e. The van der Waals surface area contributed by atoms with Crippen LogP contribution in [0.3, 0.4) is 0 Å². The Morgan fingerprint density at radius 2 is 2.00 bits per heavy atom. The molecule has 0 bridgehead atoms. The van der Waals surface area contributed by atoms with Gasteiger partial charge in [-0.25, -0.2) is 13.5 Å². The van der Waals surface area contributed by atoms with Gasteiger partial charge in [0, 0.05) is 6.54 Å². The average molecular weight is 309 g/mol. The van der Waals surface area contributed by atoms with Crippen molar-refractivity contribution in [3.63, 3.8) is 0 Å². The normalized spacial score (nSPS) is 12.4. The van der Waals surface area contributed by atoms with Crippen LogP contribution in [0.1, 0.15) is 24.4 Å².